The van der Waals surface area contributed by atoms with Gasteiger partial charge in [0.15, 0.2) is 0 Å². The van der Waals surface area contributed by atoms with E-state index in [1.54, 1.807) is 25.9 Å². The lowest BCUT2D eigenvalue weighted by molar-refractivity contribution is -0.156. The summed E-state index contributed by atoms with van der Waals surface area (Å²) in [6.45, 7) is 4.72. The van der Waals surface area contributed by atoms with Crippen LogP contribution in [0.3, 0.4) is 0 Å². The molecule has 0 unspecified atom stereocenters. The number of piperidine rings is 1. The van der Waals surface area contributed by atoms with Crippen LogP contribution in [-0.4, -0.2) is 58.7 Å². The number of nitrogens with zero attached hydrogens (tertiary/aromatic N) is 3. The number of carboxylic acids is 1. The Morgan fingerprint density at radius 1 is 1.32 bits per heavy atom. The van der Waals surface area contributed by atoms with E-state index in [1.165, 1.54) is 0 Å². The molecular weight excluding hydrogens is 324 g/mol. The van der Waals surface area contributed by atoms with Gasteiger partial charge in [-0.3, -0.25) is 9.59 Å². The molecule has 0 bridgehead atoms. The van der Waals surface area contributed by atoms with E-state index in [2.05, 4.69) is 9.97 Å². The highest BCUT2D eigenvalue weighted by molar-refractivity contribution is 5.81. The molecule has 8 heteroatoms. The first kappa shape index (κ1) is 19.1. The van der Waals surface area contributed by atoms with E-state index in [0.717, 1.165) is 5.56 Å². The van der Waals surface area contributed by atoms with Crippen LogP contribution in [0.15, 0.2) is 0 Å². The van der Waals surface area contributed by atoms with E-state index in [4.69, 9.17) is 10.5 Å². The van der Waals surface area contributed by atoms with Crippen molar-refractivity contribution < 1.29 is 19.4 Å². The van der Waals surface area contributed by atoms with E-state index < -0.39 is 11.4 Å². The molecule has 0 aromatic carbocycles. The minimum atomic E-state index is -0.939. The molecule has 1 atom stereocenters. The molecule has 1 aliphatic rings. The van der Waals surface area contributed by atoms with Crippen LogP contribution in [0.2, 0.25) is 0 Å². The third-order valence-corrected chi connectivity index (χ3v) is 4.93. The lowest BCUT2D eigenvalue weighted by Gasteiger charge is -2.40. The Hall–Kier alpha value is -2.22. The van der Waals surface area contributed by atoms with Gasteiger partial charge in [0.1, 0.15) is 0 Å². The van der Waals surface area contributed by atoms with E-state index in [-0.39, 0.29) is 24.8 Å². The van der Waals surface area contributed by atoms with Gasteiger partial charge in [0.05, 0.1) is 11.8 Å². The number of ether oxygens (including phenoxy) is 1. The van der Waals surface area contributed by atoms with Crippen LogP contribution < -0.4 is 5.73 Å². The van der Waals surface area contributed by atoms with Crippen LogP contribution in [0.5, 0.6) is 0 Å². The first-order valence-corrected chi connectivity index (χ1v) is 8.39. The highest BCUT2D eigenvalue weighted by Gasteiger charge is 2.43. The van der Waals surface area contributed by atoms with Crippen molar-refractivity contribution in [3.63, 3.8) is 0 Å². The van der Waals surface area contributed by atoms with E-state index in [0.29, 0.717) is 43.8 Å². The highest BCUT2D eigenvalue weighted by Crippen LogP contribution is 2.34. The number of amides is 1. The number of hydrogen-bond donors (Lipinski definition) is 2. The summed E-state index contributed by atoms with van der Waals surface area (Å²) in [6, 6.07) is 0. The lowest BCUT2D eigenvalue weighted by Crippen LogP contribution is -2.50. The summed E-state index contributed by atoms with van der Waals surface area (Å²) >= 11 is 0. The van der Waals surface area contributed by atoms with E-state index in [9.17, 15) is 14.7 Å². The summed E-state index contributed by atoms with van der Waals surface area (Å²) in [4.78, 5) is 34.5. The van der Waals surface area contributed by atoms with Crippen molar-refractivity contribution in [2.45, 2.75) is 39.5 Å². The molecule has 0 saturated carbocycles. The second-order valence-corrected chi connectivity index (χ2v) is 6.66. The van der Waals surface area contributed by atoms with Crippen molar-refractivity contribution >= 4 is 17.8 Å². The number of carbonyl (C=O) groups excluding carboxylic acids is 1. The first-order valence-electron chi connectivity index (χ1n) is 8.39. The number of rotatable bonds is 6. The van der Waals surface area contributed by atoms with Crippen molar-refractivity contribution in [1.29, 1.82) is 0 Å². The smallest absolute Gasteiger partial charge is 0.311 e. The monoisotopic (exact) mass is 350 g/mol. The largest absolute Gasteiger partial charge is 0.481 e. The fourth-order valence-corrected chi connectivity index (χ4v) is 3.41. The van der Waals surface area contributed by atoms with Crippen molar-refractivity contribution in [1.82, 2.24) is 14.9 Å². The van der Waals surface area contributed by atoms with Crippen molar-refractivity contribution in [2.75, 3.05) is 32.5 Å². The van der Waals surface area contributed by atoms with Gasteiger partial charge in [0.25, 0.3) is 0 Å². The van der Waals surface area contributed by atoms with Gasteiger partial charge in [-0.25, -0.2) is 9.97 Å². The Labute approximate surface area is 147 Å². The Balaban J connectivity index is 2.15. The number of aryl methyl sites for hydroxylation is 2. The number of nitrogen functional groups attached to an aromatic ring is 1. The molecule has 8 nitrogen and oxygen atoms in total. The summed E-state index contributed by atoms with van der Waals surface area (Å²) < 4.78 is 5.06. The molecule has 0 spiro atoms. The number of aliphatic carboxylic acids is 1. The number of likely N-dealkylation sites (tertiary alicyclic amines) is 1. The number of carboxylic acid groups (broad SMARTS) is 1. The molecule has 1 amide bonds. The van der Waals surface area contributed by atoms with Gasteiger partial charge < -0.3 is 20.5 Å². The lowest BCUT2D eigenvalue weighted by atomic mass is 9.77. The Morgan fingerprint density at radius 3 is 2.52 bits per heavy atom. The zero-order chi connectivity index (χ0) is 18.6. The fourth-order valence-electron chi connectivity index (χ4n) is 3.41. The van der Waals surface area contributed by atoms with Crippen LogP contribution in [0, 0.1) is 19.3 Å². The molecule has 1 aliphatic heterocycles. The topological polar surface area (TPSA) is 119 Å². The Kier molecular flexibility index (Phi) is 5.94. The summed E-state index contributed by atoms with van der Waals surface area (Å²) in [6.07, 6.45) is 1.76. The number of aromatic nitrogens is 2. The normalized spacial score (nSPS) is 20.5. The second-order valence-electron chi connectivity index (χ2n) is 6.66. The fraction of sp³-hybridized carbons (Fsp3) is 0.647. The van der Waals surface area contributed by atoms with Crippen molar-refractivity contribution in [3.8, 4) is 0 Å². The second kappa shape index (κ2) is 7.77. The van der Waals surface area contributed by atoms with E-state index in [1.807, 2.05) is 0 Å². The third-order valence-electron chi connectivity index (χ3n) is 4.93. The molecule has 1 fully saturated rings. The van der Waals surface area contributed by atoms with Gasteiger partial charge in [-0.2, -0.15) is 0 Å². The van der Waals surface area contributed by atoms with Crippen LogP contribution in [-0.2, 0) is 20.7 Å². The maximum atomic E-state index is 12.8. The molecule has 1 aromatic rings. The molecule has 1 aromatic heterocycles. The summed E-state index contributed by atoms with van der Waals surface area (Å²) in [5, 5.41) is 9.70. The average Bonchev–Trinajstić information content (AvgIpc) is 2.56. The molecular formula is C17H26N4O4. The average molecular weight is 350 g/mol. The number of nitrogens with two attached hydrogens (primary N) is 1. The molecule has 1 saturated heterocycles. The quantitative estimate of drug-likeness (QED) is 0.784. The molecule has 25 heavy (non-hydrogen) atoms. The molecule has 0 radical (unpaired) electrons. The maximum absolute atomic E-state index is 12.8. The summed E-state index contributed by atoms with van der Waals surface area (Å²) in [5.41, 5.74) is 6.80. The maximum Gasteiger partial charge on any atom is 0.311 e. The summed E-state index contributed by atoms with van der Waals surface area (Å²) in [7, 11) is 1.55. The molecule has 3 N–H and O–H groups in total. The summed E-state index contributed by atoms with van der Waals surface area (Å²) in [5.74, 6) is -0.791. The molecule has 0 aliphatic carbocycles. The SMILES string of the molecule is COCC[C@@]1(C(=O)O)CCCN(C(=O)Cc2c(C)nc(N)nc2C)C1. The molecule has 138 valence electrons. The highest BCUT2D eigenvalue weighted by atomic mass is 16.5. The number of carbonyl (C=O) groups is 2. The minimum Gasteiger partial charge on any atom is -0.481 e. The first-order chi connectivity index (χ1) is 11.8. The van der Waals surface area contributed by atoms with Crippen LogP contribution >= 0.6 is 0 Å². The van der Waals surface area contributed by atoms with Crippen LogP contribution in [0.1, 0.15) is 36.2 Å². The minimum absolute atomic E-state index is 0.109. The van der Waals surface area contributed by atoms with E-state index >= 15 is 0 Å². The van der Waals surface area contributed by atoms with Gasteiger partial charge >= 0.3 is 5.97 Å². The molecule has 2 rings (SSSR count). The Morgan fingerprint density at radius 2 is 1.96 bits per heavy atom. The van der Waals surface area contributed by atoms with Gasteiger partial charge in [-0.1, -0.05) is 0 Å². The van der Waals surface area contributed by atoms with Gasteiger partial charge in [-0.05, 0) is 33.1 Å². The number of anilines is 1. The Bertz CT molecular complexity index is 641. The predicted octanol–water partition coefficient (Wildman–Crippen LogP) is 0.948. The third kappa shape index (κ3) is 4.25. The van der Waals surface area contributed by atoms with Crippen LogP contribution in [0.4, 0.5) is 5.95 Å². The number of hydrogen-bond acceptors (Lipinski definition) is 6. The standard InChI is InChI=1S/C17H26N4O4/c1-11-13(12(2)20-16(18)19-11)9-14(22)21-7-4-5-17(10-21,15(23)24)6-8-25-3/h4-10H2,1-3H3,(H,23,24)(H2,18,19,20)/t17-/m0/s1. The predicted molar refractivity (Wildman–Crippen MR) is 92.0 cm³/mol. The van der Waals surface area contributed by atoms with Crippen molar-refractivity contribution in [2.24, 2.45) is 5.41 Å². The van der Waals surface area contributed by atoms with Crippen LogP contribution in [0.25, 0.3) is 0 Å². The molecule has 2 heterocycles. The van der Waals surface area contributed by atoms with Gasteiger partial charge in [0, 0.05) is 43.8 Å². The zero-order valence-electron chi connectivity index (χ0n) is 15.0. The van der Waals surface area contributed by atoms with Crippen molar-refractivity contribution in [3.05, 3.63) is 17.0 Å². The van der Waals surface area contributed by atoms with Gasteiger partial charge in [0.2, 0.25) is 11.9 Å². The zero-order valence-corrected chi connectivity index (χ0v) is 15.0. The van der Waals surface area contributed by atoms with Gasteiger partial charge in [-0.15, -0.1) is 0 Å². The number of methoxy groups -OCH3 is 1.